The van der Waals surface area contributed by atoms with E-state index in [-0.39, 0.29) is 0 Å². The molecule has 0 bridgehead atoms. The van der Waals surface area contributed by atoms with Gasteiger partial charge in [-0.15, -0.1) is 41.9 Å². The highest BCUT2D eigenvalue weighted by molar-refractivity contribution is 7.11. The lowest BCUT2D eigenvalue weighted by Crippen LogP contribution is -1.68. The molecule has 0 aromatic carbocycles. The summed E-state index contributed by atoms with van der Waals surface area (Å²) in [6, 6.07) is 7.49. The van der Waals surface area contributed by atoms with Crippen molar-refractivity contribution in [3.8, 4) is 0 Å². The molecule has 0 fully saturated rings. The highest BCUT2D eigenvalue weighted by Gasteiger charge is 1.90. The number of aromatic amines is 3. The summed E-state index contributed by atoms with van der Waals surface area (Å²) in [5.41, 5.74) is 1.68. The van der Waals surface area contributed by atoms with E-state index in [4.69, 9.17) is 4.42 Å². The number of pyridine rings is 1. The molecule has 97 heavy (non-hydrogen) atoms. The fraction of sp³-hybridized carbons (Fsp3) is 0.597. The number of aromatic nitrogens is 24. The van der Waals surface area contributed by atoms with Gasteiger partial charge < -0.3 is 13.5 Å². The van der Waals surface area contributed by atoms with Crippen LogP contribution in [0.1, 0.15) is 271 Å². The van der Waals surface area contributed by atoms with E-state index in [1.54, 1.807) is 80.1 Å². The van der Waals surface area contributed by atoms with E-state index in [0.29, 0.717) is 11.8 Å². The number of nitrogens with one attached hydrogen (secondary N) is 3. The first-order valence-corrected chi connectivity index (χ1v) is 36.8. The summed E-state index contributed by atoms with van der Waals surface area (Å²) in [7, 11) is 0. The molecule has 27 nitrogen and oxygen atoms in total. The maximum atomic E-state index is 4.86. The Kier molecular flexibility index (Phi) is 289. The molecule has 0 radical (unpaired) electrons. The standard InChI is InChI=1S/C5H5N.C4H6N2O.C4H6N2S.C4H4N2.3C2H3N3.2C2H2N2O.2C2H2N2S.18C2H6/c1-2-4-6-5-3-1;2*1-3-5-6-4(2)7-3;1-2-5-4-6-3-1;2*1-3-2-5-4-1;1-2-4-5-3-1;1-3-2-5-4-1;1-2-5-4-3-1;1-3-2-5-4-1;1-2-5-4-3-1;18*1-2/h1-5H;2*1-2H3;1-4H;3*1-2H,(H,3,4,5);4*1-2H;18*1-2H3. The van der Waals surface area contributed by atoms with E-state index in [0.717, 1.165) is 10.0 Å². The summed E-state index contributed by atoms with van der Waals surface area (Å²) in [5.74, 6) is 1.25. The van der Waals surface area contributed by atoms with Crippen LogP contribution in [0.15, 0.2) is 155 Å². The Bertz CT molecular complexity index is 1700. The van der Waals surface area contributed by atoms with Crippen molar-refractivity contribution >= 4 is 34.4 Å². The lowest BCUT2D eigenvalue weighted by atomic mass is 10.5. The minimum atomic E-state index is 0.623. The van der Waals surface area contributed by atoms with Gasteiger partial charge in [-0.2, -0.15) is 30.0 Å². The predicted molar refractivity (Wildman–Crippen MR) is 421 cm³/mol. The minimum absolute atomic E-state index is 0.623. The number of aryl methyl sites for hydroxylation is 4. The summed E-state index contributed by atoms with van der Waals surface area (Å²) in [6.45, 7) is 79.4. The van der Waals surface area contributed by atoms with Crippen LogP contribution in [0.5, 0.6) is 0 Å². The zero-order valence-corrected chi connectivity index (χ0v) is 71.1. The van der Waals surface area contributed by atoms with Crippen LogP contribution >= 0.6 is 34.4 Å². The zero-order valence-electron chi connectivity index (χ0n) is 68.6. The first-order chi connectivity index (χ1) is 48.1. The van der Waals surface area contributed by atoms with Crippen LogP contribution in [-0.2, 0) is 0 Å². The van der Waals surface area contributed by atoms with Crippen LogP contribution in [0.25, 0.3) is 0 Å². The summed E-state index contributed by atoms with van der Waals surface area (Å²) in [5, 5.41) is 53.1. The van der Waals surface area contributed by atoms with Gasteiger partial charge in [0.15, 0.2) is 6.33 Å². The number of H-pyrrole nitrogens is 3. The molecule has 0 aliphatic rings. The van der Waals surface area contributed by atoms with E-state index in [1.807, 2.05) is 287 Å². The van der Waals surface area contributed by atoms with Crippen LogP contribution in [0.4, 0.5) is 0 Å². The second kappa shape index (κ2) is 205. The summed E-state index contributed by atoms with van der Waals surface area (Å²) >= 11 is 4.32. The Labute approximate surface area is 605 Å². The average Bonchev–Trinajstić information content (AvgIpc) is 3.88. The largest absolute Gasteiger partial charge is 0.426 e. The smallest absolute Gasteiger partial charge is 0.213 e. The first-order valence-electron chi connectivity index (χ1n) is 34.3. The molecule has 3 N–H and O–H groups in total. The Morgan fingerprint density at radius 3 is 0.866 bits per heavy atom. The monoisotopic (exact) mass is 1430 g/mol. The van der Waals surface area contributed by atoms with Crippen molar-refractivity contribution in [1.29, 1.82) is 0 Å². The molecule has 11 heterocycles. The highest BCUT2D eigenvalue weighted by Crippen LogP contribution is 2.04. The summed E-state index contributed by atoms with van der Waals surface area (Å²) < 4.78 is 20.5. The van der Waals surface area contributed by atoms with E-state index >= 15 is 0 Å². The predicted octanol–water partition coefficient (Wildman–Crippen LogP) is 22.5. The second-order valence-corrected chi connectivity index (χ2v) is 11.6. The van der Waals surface area contributed by atoms with E-state index in [2.05, 4.69) is 130 Å². The number of nitrogens with zero attached hydrogens (tertiary/aromatic N) is 21. The third-order valence-corrected chi connectivity index (χ3v) is 6.04. The van der Waals surface area contributed by atoms with Crippen LogP contribution < -0.4 is 0 Å². The Morgan fingerprint density at radius 2 is 0.763 bits per heavy atom. The molecule has 0 amide bonds. The Hall–Kier alpha value is -8.25. The minimum Gasteiger partial charge on any atom is -0.426 e. The number of hydrogen-bond donors (Lipinski definition) is 3. The molecule has 570 valence electrons. The molecular formula is C67H146N24O3S3. The van der Waals surface area contributed by atoms with E-state index < -0.39 is 0 Å². The average molecular weight is 1430 g/mol. The van der Waals surface area contributed by atoms with Gasteiger partial charge in [0, 0.05) is 49.3 Å². The van der Waals surface area contributed by atoms with Gasteiger partial charge in [-0.3, -0.25) is 15.2 Å². The molecule has 11 rings (SSSR count). The van der Waals surface area contributed by atoms with Crippen molar-refractivity contribution in [2.24, 2.45) is 0 Å². The van der Waals surface area contributed by atoms with Crippen LogP contribution in [0.2, 0.25) is 0 Å². The lowest BCUT2D eigenvalue weighted by Gasteiger charge is -1.70. The molecule has 30 heteroatoms. The van der Waals surface area contributed by atoms with Crippen LogP contribution in [0, 0.1) is 27.7 Å². The number of rotatable bonds is 0. The zero-order chi connectivity index (χ0) is 79.8. The van der Waals surface area contributed by atoms with Gasteiger partial charge in [0.05, 0.1) is 24.8 Å². The van der Waals surface area contributed by atoms with Crippen molar-refractivity contribution in [2.45, 2.75) is 277 Å². The third-order valence-electron chi connectivity index (χ3n) is 4.42. The normalized spacial score (nSPS) is 6.35. The molecule has 0 aliphatic carbocycles. The molecule has 0 saturated carbocycles. The van der Waals surface area contributed by atoms with Crippen molar-refractivity contribution in [1.82, 2.24) is 121 Å². The quantitative estimate of drug-likeness (QED) is 0.127. The van der Waals surface area contributed by atoms with Crippen molar-refractivity contribution in [3.63, 3.8) is 0 Å². The van der Waals surface area contributed by atoms with Gasteiger partial charge in [0.2, 0.25) is 18.2 Å². The molecule has 0 unspecified atom stereocenters. The van der Waals surface area contributed by atoms with Gasteiger partial charge in [-0.05, 0) is 55.1 Å². The molecule has 0 aliphatic heterocycles. The van der Waals surface area contributed by atoms with Crippen molar-refractivity contribution < 1.29 is 13.5 Å². The Morgan fingerprint density at radius 1 is 0.340 bits per heavy atom. The molecule has 11 aromatic rings. The number of hydrogen-bond acceptors (Lipinski definition) is 27. The molecule has 0 saturated heterocycles. The molecule has 0 spiro atoms. The fourth-order valence-electron chi connectivity index (χ4n) is 2.40. The SMILES string of the molecule is CC.CC.CC.CC.CC.CC.CC.CC.CC.CC.CC.CC.CC.CC.CC.CC.CC.CC.Cc1nnc(C)o1.Cc1nnc(C)s1.c1ccncc1.c1cn[nH]n1.c1cncnc1.c1conn1.c1csnn1.c1nc[nH]n1.c1nc[nH]n1.c1ncon1.c1ncsn1. The lowest BCUT2D eigenvalue weighted by molar-refractivity contribution is 0.393. The van der Waals surface area contributed by atoms with Crippen molar-refractivity contribution in [3.05, 3.63) is 163 Å². The van der Waals surface area contributed by atoms with Gasteiger partial charge in [-0.1, -0.05) is 265 Å². The molecule has 0 atom stereocenters. The topological polar surface area (TPSA) is 357 Å². The van der Waals surface area contributed by atoms with Crippen LogP contribution in [-0.4, -0.2) is 121 Å². The first kappa shape index (κ1) is 137. The third kappa shape index (κ3) is 200. The molecular weight excluding hydrogens is 1290 g/mol. The van der Waals surface area contributed by atoms with Gasteiger partial charge in [0.25, 0.3) is 0 Å². The second-order valence-electron chi connectivity index (χ2n) is 8.91. The Balaban J connectivity index is -0.0000000423. The van der Waals surface area contributed by atoms with E-state index in [9.17, 15) is 0 Å². The highest BCUT2D eigenvalue weighted by atomic mass is 32.1. The van der Waals surface area contributed by atoms with Gasteiger partial charge >= 0.3 is 0 Å². The van der Waals surface area contributed by atoms with Crippen molar-refractivity contribution in [2.75, 3.05) is 0 Å². The van der Waals surface area contributed by atoms with Gasteiger partial charge in [-0.25, -0.2) is 29.9 Å². The van der Waals surface area contributed by atoms with Gasteiger partial charge in [0.1, 0.15) is 59.8 Å². The maximum absolute atomic E-state index is 4.86. The van der Waals surface area contributed by atoms with Crippen LogP contribution in [0.3, 0.4) is 0 Å². The maximum Gasteiger partial charge on any atom is 0.213 e. The molecule has 11 aromatic heterocycles. The van der Waals surface area contributed by atoms with E-state index in [1.165, 1.54) is 86.2 Å². The summed E-state index contributed by atoms with van der Waals surface area (Å²) in [6.07, 6.45) is 26.1. The fourth-order valence-corrected chi connectivity index (χ4v) is 3.54. The summed E-state index contributed by atoms with van der Waals surface area (Å²) in [4.78, 5) is 25.3.